The Morgan fingerprint density at radius 3 is 2.73 bits per heavy atom. The van der Waals surface area contributed by atoms with Crippen LogP contribution in [0, 0.1) is 0 Å². The molecule has 0 aromatic carbocycles. The molecule has 0 bridgehead atoms. The predicted octanol–water partition coefficient (Wildman–Crippen LogP) is 0.441. The van der Waals surface area contributed by atoms with Crippen molar-refractivity contribution in [3.05, 3.63) is 42.5 Å². The fourth-order valence-electron chi connectivity index (χ4n) is 1.37. The monoisotopic (exact) mass is 203 g/mol. The van der Waals surface area contributed by atoms with Crippen LogP contribution in [0.15, 0.2) is 30.9 Å². The standard InChI is InChI=1S/C10H13N5/c1-11-7-10-14-5-6-15(10)8-9-12-3-2-4-13-9/h2-6,11H,7-8H2,1H3. The lowest BCUT2D eigenvalue weighted by Crippen LogP contribution is -2.13. The van der Waals surface area contributed by atoms with Gasteiger partial charge in [0.25, 0.3) is 0 Å². The maximum Gasteiger partial charge on any atom is 0.147 e. The van der Waals surface area contributed by atoms with E-state index in [2.05, 4.69) is 20.3 Å². The van der Waals surface area contributed by atoms with E-state index in [1.165, 1.54) is 0 Å². The number of nitrogens with zero attached hydrogens (tertiary/aromatic N) is 4. The van der Waals surface area contributed by atoms with Gasteiger partial charge < -0.3 is 9.88 Å². The minimum absolute atomic E-state index is 0.665. The topological polar surface area (TPSA) is 55.6 Å². The summed E-state index contributed by atoms with van der Waals surface area (Å²) in [5, 5.41) is 3.07. The average molecular weight is 203 g/mol. The molecule has 0 saturated heterocycles. The van der Waals surface area contributed by atoms with Crippen LogP contribution in [-0.2, 0) is 13.1 Å². The average Bonchev–Trinajstić information content (AvgIpc) is 2.68. The van der Waals surface area contributed by atoms with E-state index in [0.29, 0.717) is 6.54 Å². The fourth-order valence-corrected chi connectivity index (χ4v) is 1.37. The zero-order valence-corrected chi connectivity index (χ0v) is 8.59. The number of nitrogens with one attached hydrogen (secondary N) is 1. The van der Waals surface area contributed by atoms with Crippen LogP contribution in [0.5, 0.6) is 0 Å². The van der Waals surface area contributed by atoms with Gasteiger partial charge in [-0.1, -0.05) is 0 Å². The third-order valence-electron chi connectivity index (χ3n) is 2.07. The van der Waals surface area contributed by atoms with E-state index in [9.17, 15) is 0 Å². The molecule has 0 atom stereocenters. The van der Waals surface area contributed by atoms with Gasteiger partial charge in [0, 0.05) is 24.8 Å². The first-order valence-corrected chi connectivity index (χ1v) is 4.80. The highest BCUT2D eigenvalue weighted by molar-refractivity contribution is 4.97. The molecule has 0 aliphatic rings. The van der Waals surface area contributed by atoms with Crippen molar-refractivity contribution in [3.8, 4) is 0 Å². The summed E-state index contributed by atoms with van der Waals surface area (Å²) < 4.78 is 2.03. The molecule has 0 fully saturated rings. The van der Waals surface area contributed by atoms with E-state index >= 15 is 0 Å². The largest absolute Gasteiger partial charge is 0.326 e. The van der Waals surface area contributed by atoms with Gasteiger partial charge in [-0.2, -0.15) is 0 Å². The first kappa shape index (κ1) is 9.79. The van der Waals surface area contributed by atoms with Gasteiger partial charge in [0.05, 0.1) is 13.1 Å². The molecule has 2 rings (SSSR count). The van der Waals surface area contributed by atoms with Crippen LogP contribution in [0.1, 0.15) is 11.6 Å². The van der Waals surface area contributed by atoms with Gasteiger partial charge in [-0.3, -0.25) is 0 Å². The minimum Gasteiger partial charge on any atom is -0.326 e. The van der Waals surface area contributed by atoms with Crippen molar-refractivity contribution >= 4 is 0 Å². The Kier molecular flexibility index (Phi) is 3.04. The van der Waals surface area contributed by atoms with Crippen LogP contribution in [0.4, 0.5) is 0 Å². The van der Waals surface area contributed by atoms with Crippen LogP contribution in [0.3, 0.4) is 0 Å². The molecule has 5 nitrogen and oxygen atoms in total. The molecule has 78 valence electrons. The molecule has 0 saturated carbocycles. The summed E-state index contributed by atoms with van der Waals surface area (Å²) in [4.78, 5) is 12.6. The summed E-state index contributed by atoms with van der Waals surface area (Å²) in [5.74, 6) is 1.79. The van der Waals surface area contributed by atoms with Gasteiger partial charge in [-0.15, -0.1) is 0 Å². The van der Waals surface area contributed by atoms with Crippen LogP contribution < -0.4 is 5.32 Å². The predicted molar refractivity (Wildman–Crippen MR) is 56.1 cm³/mol. The Hall–Kier alpha value is -1.75. The van der Waals surface area contributed by atoms with Gasteiger partial charge in [0.1, 0.15) is 11.6 Å². The van der Waals surface area contributed by atoms with Gasteiger partial charge in [-0.05, 0) is 13.1 Å². The highest BCUT2D eigenvalue weighted by Crippen LogP contribution is 2.00. The van der Waals surface area contributed by atoms with Gasteiger partial charge >= 0.3 is 0 Å². The van der Waals surface area contributed by atoms with E-state index in [0.717, 1.165) is 18.2 Å². The molecular formula is C10H13N5. The molecular weight excluding hydrogens is 190 g/mol. The highest BCUT2D eigenvalue weighted by Gasteiger charge is 2.03. The van der Waals surface area contributed by atoms with E-state index < -0.39 is 0 Å². The van der Waals surface area contributed by atoms with Crippen molar-refractivity contribution in [2.45, 2.75) is 13.1 Å². The summed E-state index contributed by atoms with van der Waals surface area (Å²) >= 11 is 0. The van der Waals surface area contributed by atoms with Crippen LogP contribution >= 0.6 is 0 Å². The van der Waals surface area contributed by atoms with Gasteiger partial charge in [0.2, 0.25) is 0 Å². The minimum atomic E-state index is 0.665. The van der Waals surface area contributed by atoms with Crippen molar-refractivity contribution in [3.63, 3.8) is 0 Å². The summed E-state index contributed by atoms with van der Waals surface area (Å²) in [6.07, 6.45) is 7.21. The lowest BCUT2D eigenvalue weighted by atomic mass is 10.5. The van der Waals surface area contributed by atoms with Crippen molar-refractivity contribution in [2.75, 3.05) is 7.05 Å². The maximum atomic E-state index is 4.25. The zero-order chi connectivity index (χ0) is 10.5. The quantitative estimate of drug-likeness (QED) is 0.783. The maximum absolute atomic E-state index is 4.25. The Labute approximate surface area is 88.2 Å². The summed E-state index contributed by atoms with van der Waals surface area (Å²) in [6.45, 7) is 1.41. The van der Waals surface area contributed by atoms with E-state index in [-0.39, 0.29) is 0 Å². The third-order valence-corrected chi connectivity index (χ3v) is 2.07. The Morgan fingerprint density at radius 2 is 2.00 bits per heavy atom. The molecule has 0 aliphatic carbocycles. The molecule has 1 N–H and O–H groups in total. The lowest BCUT2D eigenvalue weighted by molar-refractivity contribution is 0.654. The first-order chi connectivity index (χ1) is 7.40. The SMILES string of the molecule is CNCc1nccn1Cc1ncccn1. The second kappa shape index (κ2) is 4.65. The van der Waals surface area contributed by atoms with Crippen molar-refractivity contribution < 1.29 is 0 Å². The Morgan fingerprint density at radius 1 is 1.20 bits per heavy atom. The molecule has 0 unspecified atom stereocenters. The van der Waals surface area contributed by atoms with Crippen molar-refractivity contribution in [2.24, 2.45) is 0 Å². The van der Waals surface area contributed by atoms with Crippen LogP contribution in [-0.4, -0.2) is 26.6 Å². The normalized spacial score (nSPS) is 10.5. The molecule has 2 heterocycles. The van der Waals surface area contributed by atoms with E-state index in [4.69, 9.17) is 0 Å². The molecule has 5 heteroatoms. The number of aromatic nitrogens is 4. The lowest BCUT2D eigenvalue weighted by Gasteiger charge is -2.05. The third kappa shape index (κ3) is 2.38. The van der Waals surface area contributed by atoms with Gasteiger partial charge in [-0.25, -0.2) is 15.0 Å². The van der Waals surface area contributed by atoms with E-state index in [1.54, 1.807) is 18.6 Å². The number of rotatable bonds is 4. The molecule has 2 aromatic rings. The number of hydrogen-bond donors (Lipinski definition) is 1. The van der Waals surface area contributed by atoms with Crippen molar-refractivity contribution in [1.82, 2.24) is 24.8 Å². The Balaban J connectivity index is 2.14. The van der Waals surface area contributed by atoms with Crippen molar-refractivity contribution in [1.29, 1.82) is 0 Å². The molecule has 2 aromatic heterocycles. The van der Waals surface area contributed by atoms with Gasteiger partial charge in [0.15, 0.2) is 0 Å². The second-order valence-electron chi connectivity index (χ2n) is 3.17. The molecule has 0 radical (unpaired) electrons. The number of hydrogen-bond acceptors (Lipinski definition) is 4. The van der Waals surface area contributed by atoms with E-state index in [1.807, 2.05) is 23.9 Å². The Bertz CT molecular complexity index is 409. The smallest absolute Gasteiger partial charge is 0.147 e. The first-order valence-electron chi connectivity index (χ1n) is 4.80. The zero-order valence-electron chi connectivity index (χ0n) is 8.59. The molecule has 0 amide bonds. The molecule has 0 spiro atoms. The molecule has 0 aliphatic heterocycles. The summed E-state index contributed by atoms with van der Waals surface area (Å²) in [6, 6.07) is 1.81. The summed E-state index contributed by atoms with van der Waals surface area (Å²) in [5.41, 5.74) is 0. The number of imidazole rings is 1. The highest BCUT2D eigenvalue weighted by atomic mass is 15.1. The van der Waals surface area contributed by atoms with Crippen LogP contribution in [0.2, 0.25) is 0 Å². The molecule has 15 heavy (non-hydrogen) atoms. The fraction of sp³-hybridized carbons (Fsp3) is 0.300. The van der Waals surface area contributed by atoms with Crippen LogP contribution in [0.25, 0.3) is 0 Å². The summed E-state index contributed by atoms with van der Waals surface area (Å²) in [7, 11) is 1.90. The second-order valence-corrected chi connectivity index (χ2v) is 3.17.